The molecule has 0 spiro atoms. The Hall–Kier alpha value is -2.54. The molecule has 0 saturated carbocycles. The SMILES string of the molecule is CCCCOc1ccc(/C=N/NC(=O)COc2ccc(Br)c(C)c2)cc1OC. The molecule has 1 N–H and O–H groups in total. The van der Waals surface area contributed by atoms with Crippen LogP contribution >= 0.6 is 15.9 Å². The second-order valence-electron chi connectivity index (χ2n) is 6.11. The first-order valence-corrected chi connectivity index (χ1v) is 9.84. The van der Waals surface area contributed by atoms with Gasteiger partial charge in [-0.05, 0) is 60.9 Å². The number of methoxy groups -OCH3 is 1. The third kappa shape index (κ3) is 6.88. The summed E-state index contributed by atoms with van der Waals surface area (Å²) < 4.78 is 17.5. The van der Waals surface area contributed by atoms with Gasteiger partial charge in [-0.15, -0.1) is 0 Å². The summed E-state index contributed by atoms with van der Waals surface area (Å²) in [5.41, 5.74) is 4.26. The molecular weight excluding hydrogens is 424 g/mol. The molecular formula is C21H25BrN2O4. The highest BCUT2D eigenvalue weighted by atomic mass is 79.9. The first kappa shape index (κ1) is 21.8. The summed E-state index contributed by atoms with van der Waals surface area (Å²) in [6, 6.07) is 11.0. The fourth-order valence-electron chi connectivity index (χ4n) is 2.28. The summed E-state index contributed by atoms with van der Waals surface area (Å²) in [6.45, 7) is 4.59. The van der Waals surface area contributed by atoms with Crippen LogP contribution < -0.4 is 19.6 Å². The number of carbonyl (C=O) groups is 1. The number of carbonyl (C=O) groups excluding carboxylic acids is 1. The lowest BCUT2D eigenvalue weighted by Crippen LogP contribution is -2.24. The minimum absolute atomic E-state index is 0.119. The maximum Gasteiger partial charge on any atom is 0.277 e. The Morgan fingerprint density at radius 1 is 1.18 bits per heavy atom. The van der Waals surface area contributed by atoms with Gasteiger partial charge in [0.2, 0.25) is 0 Å². The molecule has 0 radical (unpaired) electrons. The van der Waals surface area contributed by atoms with Crippen LogP contribution in [0.15, 0.2) is 46.0 Å². The van der Waals surface area contributed by atoms with Crippen molar-refractivity contribution in [3.8, 4) is 17.2 Å². The molecule has 6 nitrogen and oxygen atoms in total. The third-order valence-corrected chi connectivity index (χ3v) is 4.74. The minimum atomic E-state index is -0.344. The predicted octanol–water partition coefficient (Wildman–Crippen LogP) is 4.47. The molecule has 7 heteroatoms. The van der Waals surface area contributed by atoms with Crippen LogP contribution in [0.3, 0.4) is 0 Å². The summed E-state index contributed by atoms with van der Waals surface area (Å²) in [6.07, 6.45) is 3.60. The van der Waals surface area contributed by atoms with Crippen molar-refractivity contribution in [2.45, 2.75) is 26.7 Å². The monoisotopic (exact) mass is 448 g/mol. The van der Waals surface area contributed by atoms with Gasteiger partial charge in [0.1, 0.15) is 5.75 Å². The number of amides is 1. The second-order valence-corrected chi connectivity index (χ2v) is 6.96. The molecule has 150 valence electrons. The summed E-state index contributed by atoms with van der Waals surface area (Å²) in [4.78, 5) is 11.9. The lowest BCUT2D eigenvalue weighted by Gasteiger charge is -2.10. The Labute approximate surface area is 174 Å². The van der Waals surface area contributed by atoms with E-state index in [1.54, 1.807) is 25.5 Å². The van der Waals surface area contributed by atoms with E-state index in [9.17, 15) is 4.79 Å². The number of hydrogen-bond acceptors (Lipinski definition) is 5. The highest BCUT2D eigenvalue weighted by Crippen LogP contribution is 2.27. The zero-order valence-corrected chi connectivity index (χ0v) is 17.9. The van der Waals surface area contributed by atoms with Crippen LogP contribution in [0.1, 0.15) is 30.9 Å². The van der Waals surface area contributed by atoms with Gasteiger partial charge in [0.25, 0.3) is 5.91 Å². The highest BCUT2D eigenvalue weighted by molar-refractivity contribution is 9.10. The Bertz CT molecular complexity index is 824. The first-order chi connectivity index (χ1) is 13.5. The maximum absolute atomic E-state index is 11.9. The summed E-state index contributed by atoms with van der Waals surface area (Å²) >= 11 is 3.43. The third-order valence-electron chi connectivity index (χ3n) is 3.85. The standard InChI is InChI=1S/C21H25BrN2O4/c1-4-5-10-27-19-9-6-16(12-20(19)26-3)13-23-24-21(25)14-28-17-7-8-18(22)15(2)11-17/h6-9,11-13H,4-5,10,14H2,1-3H3,(H,24,25)/b23-13+. The topological polar surface area (TPSA) is 69.2 Å². The molecule has 0 atom stereocenters. The first-order valence-electron chi connectivity index (χ1n) is 9.05. The van der Waals surface area contributed by atoms with Crippen molar-refractivity contribution in [3.05, 3.63) is 52.0 Å². The van der Waals surface area contributed by atoms with Gasteiger partial charge in [0, 0.05) is 4.47 Å². The fraction of sp³-hybridized carbons (Fsp3) is 0.333. The lowest BCUT2D eigenvalue weighted by atomic mass is 10.2. The van der Waals surface area contributed by atoms with Crippen molar-refractivity contribution < 1.29 is 19.0 Å². The molecule has 2 rings (SSSR count). The summed E-state index contributed by atoms with van der Waals surface area (Å²) in [7, 11) is 1.59. The molecule has 0 aliphatic rings. The van der Waals surface area contributed by atoms with Gasteiger partial charge in [-0.2, -0.15) is 5.10 Å². The molecule has 2 aromatic rings. The van der Waals surface area contributed by atoms with Crippen LogP contribution in [-0.2, 0) is 4.79 Å². The molecule has 2 aromatic carbocycles. The average Bonchev–Trinajstić information content (AvgIpc) is 2.69. The minimum Gasteiger partial charge on any atom is -0.493 e. The van der Waals surface area contributed by atoms with Gasteiger partial charge in [0.15, 0.2) is 18.1 Å². The van der Waals surface area contributed by atoms with Gasteiger partial charge >= 0.3 is 0 Å². The smallest absolute Gasteiger partial charge is 0.277 e. The lowest BCUT2D eigenvalue weighted by molar-refractivity contribution is -0.123. The molecule has 28 heavy (non-hydrogen) atoms. The molecule has 0 aliphatic heterocycles. The number of nitrogens with zero attached hydrogens (tertiary/aromatic N) is 1. The van der Waals surface area contributed by atoms with E-state index in [0.717, 1.165) is 28.4 Å². The van der Waals surface area contributed by atoms with E-state index in [0.29, 0.717) is 23.9 Å². The van der Waals surface area contributed by atoms with E-state index in [-0.39, 0.29) is 12.5 Å². The number of ether oxygens (including phenoxy) is 3. The van der Waals surface area contributed by atoms with Crippen molar-refractivity contribution in [1.82, 2.24) is 5.43 Å². The van der Waals surface area contributed by atoms with Crippen molar-refractivity contribution in [3.63, 3.8) is 0 Å². The van der Waals surface area contributed by atoms with Crippen LogP contribution in [0, 0.1) is 6.92 Å². The number of nitrogens with one attached hydrogen (secondary N) is 1. The van der Waals surface area contributed by atoms with Crippen LogP contribution in [0.5, 0.6) is 17.2 Å². The highest BCUT2D eigenvalue weighted by Gasteiger charge is 2.06. The van der Waals surface area contributed by atoms with E-state index in [4.69, 9.17) is 14.2 Å². The van der Waals surface area contributed by atoms with Crippen LogP contribution in [0.2, 0.25) is 0 Å². The molecule has 0 aromatic heterocycles. The van der Waals surface area contributed by atoms with Crippen molar-refractivity contribution in [2.24, 2.45) is 5.10 Å². The van der Waals surface area contributed by atoms with E-state index in [2.05, 4.69) is 33.4 Å². The number of hydrazone groups is 1. The van der Waals surface area contributed by atoms with E-state index in [1.165, 1.54) is 0 Å². The van der Waals surface area contributed by atoms with Crippen LogP contribution in [0.25, 0.3) is 0 Å². The zero-order valence-electron chi connectivity index (χ0n) is 16.3. The Morgan fingerprint density at radius 2 is 2.00 bits per heavy atom. The van der Waals surface area contributed by atoms with Crippen molar-refractivity contribution in [1.29, 1.82) is 0 Å². The number of benzene rings is 2. The Balaban J connectivity index is 1.85. The molecule has 0 saturated heterocycles. The van der Waals surface area contributed by atoms with Crippen molar-refractivity contribution >= 4 is 28.1 Å². The Morgan fingerprint density at radius 3 is 2.71 bits per heavy atom. The van der Waals surface area contributed by atoms with Gasteiger partial charge in [0.05, 0.1) is 19.9 Å². The van der Waals surface area contributed by atoms with Crippen LogP contribution in [0.4, 0.5) is 0 Å². The molecule has 0 fully saturated rings. The largest absolute Gasteiger partial charge is 0.493 e. The number of unbranched alkanes of at least 4 members (excludes halogenated alkanes) is 1. The average molecular weight is 449 g/mol. The molecule has 0 aliphatic carbocycles. The number of hydrogen-bond donors (Lipinski definition) is 1. The Kier molecular flexibility index (Phi) is 8.81. The van der Waals surface area contributed by atoms with Gasteiger partial charge in [-0.25, -0.2) is 5.43 Å². The fourth-order valence-corrected chi connectivity index (χ4v) is 2.52. The molecule has 0 unspecified atom stereocenters. The second kappa shape index (κ2) is 11.3. The molecule has 0 heterocycles. The van der Waals surface area contributed by atoms with Gasteiger partial charge in [-0.1, -0.05) is 29.3 Å². The normalized spacial score (nSPS) is 10.7. The van der Waals surface area contributed by atoms with Crippen molar-refractivity contribution in [2.75, 3.05) is 20.3 Å². The molecule has 0 bridgehead atoms. The van der Waals surface area contributed by atoms with E-state index < -0.39 is 0 Å². The van der Waals surface area contributed by atoms with E-state index >= 15 is 0 Å². The quantitative estimate of drug-likeness (QED) is 0.330. The summed E-state index contributed by atoms with van der Waals surface area (Å²) in [5.74, 6) is 1.60. The number of halogens is 1. The zero-order chi connectivity index (χ0) is 20.4. The van der Waals surface area contributed by atoms with Gasteiger partial charge < -0.3 is 14.2 Å². The molecule has 1 amide bonds. The number of aryl methyl sites for hydroxylation is 1. The maximum atomic E-state index is 11.9. The number of rotatable bonds is 10. The summed E-state index contributed by atoms with van der Waals surface area (Å²) in [5, 5.41) is 3.96. The predicted molar refractivity (Wildman–Crippen MR) is 114 cm³/mol. The van der Waals surface area contributed by atoms with E-state index in [1.807, 2.05) is 31.2 Å². The van der Waals surface area contributed by atoms with Crippen LogP contribution in [-0.4, -0.2) is 32.4 Å². The van der Waals surface area contributed by atoms with Gasteiger partial charge in [-0.3, -0.25) is 4.79 Å².